The van der Waals surface area contributed by atoms with Crippen molar-refractivity contribution in [3.8, 4) is 0 Å². The van der Waals surface area contributed by atoms with Crippen molar-refractivity contribution >= 4 is 21.8 Å². The number of nitrogens with one attached hydrogen (secondary N) is 1. The van der Waals surface area contributed by atoms with Crippen molar-refractivity contribution < 1.29 is 4.79 Å². The molecule has 0 spiro atoms. The number of carbonyl (C=O) groups excluding carboxylic acids is 1. The zero-order valence-electron chi connectivity index (χ0n) is 12.9. The van der Waals surface area contributed by atoms with E-state index in [-0.39, 0.29) is 17.9 Å². The fourth-order valence-electron chi connectivity index (χ4n) is 3.47. The normalized spacial score (nSPS) is 24.0. The average molecular weight is 370 g/mol. The maximum Gasteiger partial charge on any atom is 0.228 e. The summed E-state index contributed by atoms with van der Waals surface area (Å²) in [6, 6.07) is 18.8. The molecule has 0 heterocycles. The fourth-order valence-corrected chi connectivity index (χ4v) is 4.05. The van der Waals surface area contributed by atoms with Crippen LogP contribution in [0.15, 0.2) is 59.1 Å². The van der Waals surface area contributed by atoms with Crippen molar-refractivity contribution in [3.05, 3.63) is 70.2 Å². The molecule has 0 saturated heterocycles. The molecule has 2 fully saturated rings. The molecule has 0 aromatic heterocycles. The zero-order chi connectivity index (χ0) is 15.8. The molecule has 0 bridgehead atoms. The first-order valence-corrected chi connectivity index (χ1v) is 9.13. The molecule has 2 aliphatic carbocycles. The first-order valence-electron chi connectivity index (χ1n) is 8.34. The summed E-state index contributed by atoms with van der Waals surface area (Å²) >= 11 is 3.62. The van der Waals surface area contributed by atoms with Gasteiger partial charge in [-0.3, -0.25) is 4.79 Å². The molecule has 2 saturated carbocycles. The third-order valence-corrected chi connectivity index (χ3v) is 5.68. The molecule has 1 unspecified atom stereocenters. The highest BCUT2D eigenvalue weighted by molar-refractivity contribution is 9.10. The predicted octanol–water partition coefficient (Wildman–Crippen LogP) is 4.62. The number of hydrogen-bond donors (Lipinski definition) is 1. The SMILES string of the molecule is O=C(N[C@@H]1C[C@H]1c1ccccc1Br)C(c1ccccc1)C1CC1. The second-order valence-corrected chi connectivity index (χ2v) is 7.56. The Hall–Kier alpha value is -1.61. The van der Waals surface area contributed by atoms with Crippen molar-refractivity contribution in [2.45, 2.75) is 37.1 Å². The minimum Gasteiger partial charge on any atom is -0.352 e. The van der Waals surface area contributed by atoms with Crippen molar-refractivity contribution in [2.24, 2.45) is 5.92 Å². The minimum atomic E-state index is 0.0247. The standard InChI is InChI=1S/C20H20BrNO/c21-17-9-5-4-8-15(17)16-12-18(16)22-20(23)19(14-10-11-14)13-6-2-1-3-7-13/h1-9,14,16,18-19H,10-12H2,(H,22,23)/t16-,18+,19?/m0/s1. The van der Waals surface area contributed by atoms with Crippen LogP contribution in [0.25, 0.3) is 0 Å². The van der Waals surface area contributed by atoms with Crippen molar-refractivity contribution in [1.82, 2.24) is 5.32 Å². The summed E-state index contributed by atoms with van der Waals surface area (Å²) in [6.07, 6.45) is 3.39. The lowest BCUT2D eigenvalue weighted by Crippen LogP contribution is -2.32. The third kappa shape index (κ3) is 3.20. The van der Waals surface area contributed by atoms with Crippen LogP contribution in [-0.2, 0) is 4.79 Å². The van der Waals surface area contributed by atoms with Crippen LogP contribution in [0.1, 0.15) is 42.2 Å². The van der Waals surface area contributed by atoms with Gasteiger partial charge in [-0.25, -0.2) is 0 Å². The topological polar surface area (TPSA) is 29.1 Å². The lowest BCUT2D eigenvalue weighted by Gasteiger charge is -2.17. The van der Waals surface area contributed by atoms with Gasteiger partial charge in [0.05, 0.1) is 5.92 Å². The van der Waals surface area contributed by atoms with Gasteiger partial charge in [-0.05, 0) is 42.4 Å². The van der Waals surface area contributed by atoms with E-state index in [0.29, 0.717) is 11.8 Å². The summed E-state index contributed by atoms with van der Waals surface area (Å²) in [5.74, 6) is 1.21. The number of benzene rings is 2. The molecule has 2 aromatic carbocycles. The van der Waals surface area contributed by atoms with Crippen LogP contribution in [0.2, 0.25) is 0 Å². The summed E-state index contributed by atoms with van der Waals surface area (Å²) in [5.41, 5.74) is 2.46. The Morgan fingerprint density at radius 3 is 2.43 bits per heavy atom. The molecule has 1 N–H and O–H groups in total. The van der Waals surface area contributed by atoms with E-state index in [9.17, 15) is 4.79 Å². The Balaban J connectivity index is 1.45. The first-order chi connectivity index (χ1) is 11.2. The van der Waals surface area contributed by atoms with E-state index >= 15 is 0 Å². The van der Waals surface area contributed by atoms with Crippen LogP contribution in [-0.4, -0.2) is 11.9 Å². The summed E-state index contributed by atoms with van der Waals surface area (Å²) in [4.78, 5) is 12.8. The molecule has 1 amide bonds. The Kier molecular flexibility index (Phi) is 3.98. The van der Waals surface area contributed by atoms with Crippen LogP contribution in [0.4, 0.5) is 0 Å². The van der Waals surface area contributed by atoms with Gasteiger partial charge >= 0.3 is 0 Å². The highest BCUT2D eigenvalue weighted by Gasteiger charge is 2.44. The van der Waals surface area contributed by atoms with Gasteiger partial charge in [0.15, 0.2) is 0 Å². The summed E-state index contributed by atoms with van der Waals surface area (Å²) in [5, 5.41) is 3.29. The molecular formula is C20H20BrNO. The highest BCUT2D eigenvalue weighted by Crippen LogP contribution is 2.46. The molecule has 118 valence electrons. The van der Waals surface area contributed by atoms with Gasteiger partial charge in [-0.15, -0.1) is 0 Å². The predicted molar refractivity (Wildman–Crippen MR) is 95.3 cm³/mol. The number of hydrogen-bond acceptors (Lipinski definition) is 1. The molecule has 0 radical (unpaired) electrons. The highest BCUT2D eigenvalue weighted by atomic mass is 79.9. The Morgan fingerprint density at radius 2 is 1.74 bits per heavy atom. The van der Waals surface area contributed by atoms with Gasteiger partial charge in [0.2, 0.25) is 5.91 Å². The molecule has 0 aliphatic heterocycles. The molecule has 2 aromatic rings. The van der Waals surface area contributed by atoms with Crippen molar-refractivity contribution in [1.29, 1.82) is 0 Å². The van der Waals surface area contributed by atoms with Crippen LogP contribution in [0.5, 0.6) is 0 Å². The average Bonchev–Trinajstić information content (AvgIpc) is 3.46. The molecule has 2 nitrogen and oxygen atoms in total. The minimum absolute atomic E-state index is 0.0247. The number of carbonyl (C=O) groups is 1. The van der Waals surface area contributed by atoms with Crippen molar-refractivity contribution in [2.75, 3.05) is 0 Å². The van der Waals surface area contributed by atoms with E-state index < -0.39 is 0 Å². The Bertz CT molecular complexity index is 711. The first kappa shape index (κ1) is 14.9. The Labute approximate surface area is 145 Å². The maximum atomic E-state index is 12.8. The Morgan fingerprint density at radius 1 is 1.04 bits per heavy atom. The fraction of sp³-hybridized carbons (Fsp3) is 0.350. The zero-order valence-corrected chi connectivity index (χ0v) is 14.5. The monoisotopic (exact) mass is 369 g/mol. The molecule has 3 atom stereocenters. The second-order valence-electron chi connectivity index (χ2n) is 6.70. The van der Waals surface area contributed by atoms with E-state index in [2.05, 4.69) is 51.6 Å². The van der Waals surface area contributed by atoms with Gasteiger partial charge in [-0.2, -0.15) is 0 Å². The van der Waals surface area contributed by atoms with Gasteiger partial charge in [0.1, 0.15) is 0 Å². The largest absolute Gasteiger partial charge is 0.352 e. The quantitative estimate of drug-likeness (QED) is 0.818. The summed E-state index contributed by atoms with van der Waals surface area (Å²) in [6.45, 7) is 0. The van der Waals surface area contributed by atoms with Crippen molar-refractivity contribution in [3.63, 3.8) is 0 Å². The van der Waals surface area contributed by atoms with Gasteiger partial charge in [-0.1, -0.05) is 64.5 Å². The van der Waals surface area contributed by atoms with E-state index in [1.54, 1.807) is 0 Å². The van der Waals surface area contributed by atoms with E-state index in [1.165, 1.54) is 18.4 Å². The summed E-state index contributed by atoms with van der Waals surface area (Å²) in [7, 11) is 0. The number of halogens is 1. The lowest BCUT2D eigenvalue weighted by molar-refractivity contribution is -0.123. The second kappa shape index (κ2) is 6.12. The van der Waals surface area contributed by atoms with E-state index in [1.807, 2.05) is 24.3 Å². The van der Waals surface area contributed by atoms with Gasteiger partial charge in [0, 0.05) is 16.4 Å². The molecule has 2 aliphatic rings. The lowest BCUT2D eigenvalue weighted by atomic mass is 9.93. The molecule has 4 rings (SSSR count). The van der Waals surface area contributed by atoms with E-state index in [4.69, 9.17) is 0 Å². The van der Waals surface area contributed by atoms with E-state index in [0.717, 1.165) is 16.5 Å². The van der Waals surface area contributed by atoms with Crippen LogP contribution >= 0.6 is 15.9 Å². The molecular weight excluding hydrogens is 350 g/mol. The molecule has 23 heavy (non-hydrogen) atoms. The smallest absolute Gasteiger partial charge is 0.228 e. The maximum absolute atomic E-state index is 12.8. The number of rotatable bonds is 5. The van der Waals surface area contributed by atoms with Gasteiger partial charge < -0.3 is 5.32 Å². The number of amides is 1. The molecule has 3 heteroatoms. The van der Waals surface area contributed by atoms with Crippen LogP contribution in [0, 0.1) is 5.92 Å². The van der Waals surface area contributed by atoms with Crippen LogP contribution in [0.3, 0.4) is 0 Å². The van der Waals surface area contributed by atoms with Gasteiger partial charge in [0.25, 0.3) is 0 Å². The van der Waals surface area contributed by atoms with Crippen LogP contribution < -0.4 is 5.32 Å². The third-order valence-electron chi connectivity index (χ3n) is 4.96. The summed E-state index contributed by atoms with van der Waals surface area (Å²) < 4.78 is 1.14.